The number of nitrogens with zero attached hydrogens (tertiary/aromatic N) is 1. The van der Waals surface area contributed by atoms with Crippen LogP contribution < -0.4 is 5.32 Å². The van der Waals surface area contributed by atoms with Crippen LogP contribution in [0.25, 0.3) is 0 Å². The zero-order chi connectivity index (χ0) is 15.7. The molecule has 2 aliphatic rings. The number of likely N-dealkylation sites (N-methyl/N-ethyl adjacent to an activating group) is 1. The third-order valence-electron chi connectivity index (χ3n) is 4.74. The van der Waals surface area contributed by atoms with E-state index in [-0.39, 0.29) is 29.7 Å². The number of amides is 2. The van der Waals surface area contributed by atoms with Crippen molar-refractivity contribution in [1.82, 2.24) is 10.2 Å². The fourth-order valence-corrected chi connectivity index (χ4v) is 3.52. The quantitative estimate of drug-likeness (QED) is 0.930. The predicted molar refractivity (Wildman–Crippen MR) is 85.7 cm³/mol. The van der Waals surface area contributed by atoms with E-state index in [9.17, 15) is 9.59 Å². The number of nitrogens with one attached hydrogen (secondary N) is 1. The number of benzene rings is 1. The van der Waals surface area contributed by atoms with Crippen LogP contribution in [0.3, 0.4) is 0 Å². The van der Waals surface area contributed by atoms with Crippen molar-refractivity contribution < 1.29 is 9.59 Å². The van der Waals surface area contributed by atoms with Gasteiger partial charge in [0.2, 0.25) is 11.8 Å². The summed E-state index contributed by atoms with van der Waals surface area (Å²) in [6, 6.07) is 7.42. The van der Waals surface area contributed by atoms with Crippen molar-refractivity contribution in [2.45, 2.75) is 37.6 Å². The second-order valence-electron chi connectivity index (χ2n) is 6.16. The first kappa shape index (κ1) is 15.3. The third-order valence-corrected chi connectivity index (χ3v) is 4.99. The Bertz CT molecular complexity index is 573. The maximum atomic E-state index is 12.8. The lowest BCUT2D eigenvalue weighted by Crippen LogP contribution is -2.51. The van der Waals surface area contributed by atoms with Gasteiger partial charge in [0.05, 0.1) is 0 Å². The van der Waals surface area contributed by atoms with Gasteiger partial charge in [0.1, 0.15) is 6.04 Å². The molecule has 5 heteroatoms. The van der Waals surface area contributed by atoms with Crippen molar-refractivity contribution in [3.8, 4) is 0 Å². The van der Waals surface area contributed by atoms with Crippen molar-refractivity contribution in [1.29, 1.82) is 0 Å². The molecule has 4 nitrogen and oxygen atoms in total. The molecule has 118 valence electrons. The summed E-state index contributed by atoms with van der Waals surface area (Å²) in [5.41, 5.74) is 1.16. The van der Waals surface area contributed by atoms with Crippen LogP contribution in [0.4, 0.5) is 0 Å². The van der Waals surface area contributed by atoms with Crippen LogP contribution >= 0.6 is 11.6 Å². The highest BCUT2D eigenvalue weighted by molar-refractivity contribution is 6.30. The van der Waals surface area contributed by atoms with Crippen LogP contribution in [0.2, 0.25) is 5.02 Å². The van der Waals surface area contributed by atoms with Crippen molar-refractivity contribution in [2.75, 3.05) is 13.6 Å². The minimum atomic E-state index is -0.294. The molecule has 1 saturated heterocycles. The first-order chi connectivity index (χ1) is 10.6. The molecule has 1 aliphatic heterocycles. The van der Waals surface area contributed by atoms with E-state index in [1.165, 1.54) is 0 Å². The van der Waals surface area contributed by atoms with Crippen LogP contribution in [0.15, 0.2) is 24.3 Å². The second kappa shape index (κ2) is 6.29. The normalized spacial score (nSPS) is 27.4. The fraction of sp³-hybridized carbons (Fsp3) is 0.529. The molecule has 0 bridgehead atoms. The van der Waals surface area contributed by atoms with Crippen molar-refractivity contribution >= 4 is 23.4 Å². The summed E-state index contributed by atoms with van der Waals surface area (Å²) in [4.78, 5) is 26.6. The molecule has 22 heavy (non-hydrogen) atoms. The highest BCUT2D eigenvalue weighted by Gasteiger charge is 2.47. The van der Waals surface area contributed by atoms with E-state index in [1.807, 2.05) is 24.3 Å². The maximum Gasteiger partial charge on any atom is 0.242 e. The summed E-state index contributed by atoms with van der Waals surface area (Å²) < 4.78 is 0. The number of hydrogen-bond acceptors (Lipinski definition) is 2. The lowest BCUT2D eigenvalue weighted by Gasteiger charge is -2.34. The monoisotopic (exact) mass is 320 g/mol. The minimum absolute atomic E-state index is 0.0198. The smallest absolute Gasteiger partial charge is 0.242 e. The van der Waals surface area contributed by atoms with Crippen LogP contribution in [0.5, 0.6) is 0 Å². The molecular weight excluding hydrogens is 300 g/mol. The Kier molecular flexibility index (Phi) is 4.39. The number of carbonyl (C=O) groups is 2. The number of halogens is 1. The van der Waals surface area contributed by atoms with Gasteiger partial charge >= 0.3 is 0 Å². The van der Waals surface area contributed by atoms with Gasteiger partial charge < -0.3 is 10.2 Å². The lowest BCUT2D eigenvalue weighted by atomic mass is 10.00. The van der Waals surface area contributed by atoms with E-state index < -0.39 is 0 Å². The van der Waals surface area contributed by atoms with E-state index in [1.54, 1.807) is 11.9 Å². The Morgan fingerprint density at radius 2 is 1.95 bits per heavy atom. The van der Waals surface area contributed by atoms with Gasteiger partial charge in [-0.05, 0) is 49.3 Å². The lowest BCUT2D eigenvalue weighted by molar-refractivity contribution is -0.143. The summed E-state index contributed by atoms with van der Waals surface area (Å²) in [5, 5.41) is 3.39. The zero-order valence-corrected chi connectivity index (χ0v) is 13.5. The Morgan fingerprint density at radius 1 is 1.23 bits per heavy atom. The molecule has 1 heterocycles. The molecule has 2 amide bonds. The predicted octanol–water partition coefficient (Wildman–Crippen LogP) is 2.57. The molecule has 1 aliphatic carbocycles. The zero-order valence-electron chi connectivity index (χ0n) is 12.7. The molecule has 2 fully saturated rings. The van der Waals surface area contributed by atoms with Gasteiger partial charge in [0.15, 0.2) is 0 Å². The number of likely N-dealkylation sites (tertiary alicyclic amines) is 1. The van der Waals surface area contributed by atoms with E-state index in [4.69, 9.17) is 11.6 Å². The molecular formula is C17H21ClN2O2. The first-order valence-corrected chi connectivity index (χ1v) is 8.27. The van der Waals surface area contributed by atoms with Gasteiger partial charge in [0.25, 0.3) is 0 Å². The topological polar surface area (TPSA) is 49.4 Å². The molecule has 0 unspecified atom stereocenters. The first-order valence-electron chi connectivity index (χ1n) is 7.89. The molecule has 1 saturated carbocycles. The van der Waals surface area contributed by atoms with Crippen molar-refractivity contribution in [3.05, 3.63) is 34.9 Å². The van der Waals surface area contributed by atoms with Crippen LogP contribution in [0, 0.1) is 5.92 Å². The molecule has 0 aromatic heterocycles. The number of rotatable bonds is 3. The van der Waals surface area contributed by atoms with Crippen LogP contribution in [-0.4, -0.2) is 36.3 Å². The molecule has 3 rings (SSSR count). The standard InChI is InChI=1S/C17H21ClN2O2/c1-19-16(21)15-4-2-3-9-20(15)17(22)14-10-13(14)11-5-7-12(18)8-6-11/h5-8,13-15H,2-4,9-10H2,1H3,(H,19,21)/t13-,14-,15+/m1/s1. The Morgan fingerprint density at radius 3 is 2.64 bits per heavy atom. The molecule has 1 aromatic rings. The van der Waals surface area contributed by atoms with E-state index in [0.717, 1.165) is 31.2 Å². The van der Waals surface area contributed by atoms with E-state index >= 15 is 0 Å². The van der Waals surface area contributed by atoms with Crippen LogP contribution in [-0.2, 0) is 9.59 Å². The van der Waals surface area contributed by atoms with E-state index in [2.05, 4.69) is 5.32 Å². The summed E-state index contributed by atoms with van der Waals surface area (Å²) in [6.45, 7) is 0.695. The maximum absolute atomic E-state index is 12.8. The highest BCUT2D eigenvalue weighted by Crippen LogP contribution is 2.49. The van der Waals surface area contributed by atoms with Gasteiger partial charge in [-0.3, -0.25) is 9.59 Å². The van der Waals surface area contributed by atoms with E-state index in [0.29, 0.717) is 11.6 Å². The van der Waals surface area contributed by atoms with Gasteiger partial charge in [-0.2, -0.15) is 0 Å². The minimum Gasteiger partial charge on any atom is -0.357 e. The number of hydrogen-bond donors (Lipinski definition) is 1. The molecule has 1 N–H and O–H groups in total. The molecule has 0 spiro atoms. The van der Waals surface area contributed by atoms with Gasteiger partial charge in [0, 0.05) is 24.5 Å². The summed E-state index contributed by atoms with van der Waals surface area (Å²) in [5.74, 6) is 0.383. The Hall–Kier alpha value is -1.55. The number of piperidine rings is 1. The average molecular weight is 321 g/mol. The van der Waals surface area contributed by atoms with Gasteiger partial charge in [-0.15, -0.1) is 0 Å². The van der Waals surface area contributed by atoms with Crippen molar-refractivity contribution in [3.63, 3.8) is 0 Å². The fourth-order valence-electron chi connectivity index (χ4n) is 3.39. The largest absolute Gasteiger partial charge is 0.357 e. The van der Waals surface area contributed by atoms with Crippen molar-refractivity contribution in [2.24, 2.45) is 5.92 Å². The summed E-state index contributed by atoms with van der Waals surface area (Å²) in [6.07, 6.45) is 3.63. The second-order valence-corrected chi connectivity index (χ2v) is 6.59. The Labute approximate surface area is 135 Å². The molecule has 3 atom stereocenters. The highest BCUT2D eigenvalue weighted by atomic mass is 35.5. The Balaban J connectivity index is 1.69. The van der Waals surface area contributed by atoms with Crippen LogP contribution in [0.1, 0.15) is 37.2 Å². The SMILES string of the molecule is CNC(=O)[C@@H]1CCCCN1C(=O)[C@@H]1C[C@@H]1c1ccc(Cl)cc1. The third kappa shape index (κ3) is 2.98. The summed E-state index contributed by atoms with van der Waals surface area (Å²) in [7, 11) is 1.63. The molecule has 0 radical (unpaired) electrons. The number of carbonyl (C=O) groups excluding carboxylic acids is 2. The summed E-state index contributed by atoms with van der Waals surface area (Å²) >= 11 is 5.91. The average Bonchev–Trinajstić information content (AvgIpc) is 3.34. The van der Waals surface area contributed by atoms with Gasteiger partial charge in [-0.25, -0.2) is 0 Å². The molecule has 1 aromatic carbocycles. The van der Waals surface area contributed by atoms with Gasteiger partial charge in [-0.1, -0.05) is 23.7 Å².